The van der Waals surface area contributed by atoms with Crippen LogP contribution in [-0.2, 0) is 14.6 Å². The Morgan fingerprint density at radius 3 is 2.53 bits per heavy atom. The number of nitrogens with zero attached hydrogens (tertiary/aromatic N) is 1. The molecule has 1 saturated heterocycles. The molecule has 3 aromatic rings. The van der Waals surface area contributed by atoms with Crippen molar-refractivity contribution in [2.24, 2.45) is 0 Å². The van der Waals surface area contributed by atoms with Crippen LogP contribution >= 0.6 is 11.6 Å². The largest absolute Gasteiger partial charge is 0.419 e. The number of anilines is 1. The summed E-state index contributed by atoms with van der Waals surface area (Å²) in [6.45, 7) is 7.00. The summed E-state index contributed by atoms with van der Waals surface area (Å²) in [6.07, 6.45) is 0.863. The number of ether oxygens (including phenoxy) is 1. The van der Waals surface area contributed by atoms with E-state index in [4.69, 9.17) is 20.8 Å². The van der Waals surface area contributed by atoms with Crippen LogP contribution in [0.3, 0.4) is 0 Å². The molecule has 7 nitrogen and oxygen atoms in total. The Balaban J connectivity index is 1.60. The lowest BCUT2D eigenvalue weighted by molar-refractivity contribution is -0.908. The van der Waals surface area contributed by atoms with E-state index >= 15 is 0 Å². The van der Waals surface area contributed by atoms with Crippen molar-refractivity contribution in [2.45, 2.75) is 23.3 Å². The number of benzene rings is 2. The summed E-state index contributed by atoms with van der Waals surface area (Å²) in [5.41, 5.74) is 1.52. The second-order valence-electron chi connectivity index (χ2n) is 7.84. The molecule has 32 heavy (non-hydrogen) atoms. The summed E-state index contributed by atoms with van der Waals surface area (Å²) >= 11 is 6.30. The highest BCUT2D eigenvalue weighted by Gasteiger charge is 2.29. The van der Waals surface area contributed by atoms with Gasteiger partial charge in [0, 0.05) is 13.0 Å². The fourth-order valence-electron chi connectivity index (χ4n) is 3.63. The highest BCUT2D eigenvalue weighted by atomic mass is 35.5. The standard InChI is InChI=1S/C23H26ClN3O4S/c1-17-7-9-18(10-8-17)32(28,29)23-22(25-11-4-12-27-13-15-30-16-14-27)31-21(26-23)19-5-2-3-6-20(19)24/h2-3,5-10,25H,4,11-16H2,1H3/p+1. The number of morpholine rings is 1. The van der Waals surface area contributed by atoms with Crippen molar-refractivity contribution in [3.63, 3.8) is 0 Å². The average molecular weight is 477 g/mol. The quantitative estimate of drug-likeness (QED) is 0.486. The van der Waals surface area contributed by atoms with Crippen molar-refractivity contribution in [1.29, 1.82) is 0 Å². The Morgan fingerprint density at radius 1 is 1.09 bits per heavy atom. The zero-order valence-corrected chi connectivity index (χ0v) is 19.5. The number of oxazole rings is 1. The van der Waals surface area contributed by atoms with Gasteiger partial charge < -0.3 is 19.4 Å². The summed E-state index contributed by atoms with van der Waals surface area (Å²) in [5.74, 6) is 0.306. The number of aromatic nitrogens is 1. The molecule has 0 saturated carbocycles. The maximum absolute atomic E-state index is 13.4. The Hall–Kier alpha value is -2.39. The van der Waals surface area contributed by atoms with E-state index in [1.165, 1.54) is 4.90 Å². The first-order valence-corrected chi connectivity index (χ1v) is 12.5. The lowest BCUT2D eigenvalue weighted by atomic mass is 10.2. The van der Waals surface area contributed by atoms with E-state index in [0.29, 0.717) is 17.1 Å². The molecule has 0 atom stereocenters. The minimum Gasteiger partial charge on any atom is -0.419 e. The van der Waals surface area contributed by atoms with E-state index in [1.54, 1.807) is 48.5 Å². The molecule has 1 fully saturated rings. The smallest absolute Gasteiger partial charge is 0.233 e. The van der Waals surface area contributed by atoms with Gasteiger partial charge in [0.15, 0.2) is 0 Å². The van der Waals surface area contributed by atoms with Crippen molar-refractivity contribution < 1.29 is 22.5 Å². The number of hydrogen-bond donors (Lipinski definition) is 2. The molecule has 1 aliphatic rings. The molecule has 0 bridgehead atoms. The molecule has 0 radical (unpaired) electrons. The second kappa shape index (κ2) is 10.0. The van der Waals surface area contributed by atoms with E-state index in [0.717, 1.165) is 44.8 Å². The van der Waals surface area contributed by atoms with Gasteiger partial charge >= 0.3 is 0 Å². The Bertz CT molecular complexity index is 1160. The van der Waals surface area contributed by atoms with Crippen molar-refractivity contribution in [1.82, 2.24) is 4.98 Å². The van der Waals surface area contributed by atoms with Crippen LogP contribution in [0.2, 0.25) is 5.02 Å². The topological polar surface area (TPSA) is 85.9 Å². The minimum atomic E-state index is -3.88. The van der Waals surface area contributed by atoms with Gasteiger partial charge in [-0.05, 0) is 31.2 Å². The van der Waals surface area contributed by atoms with E-state index in [2.05, 4.69) is 10.3 Å². The van der Waals surface area contributed by atoms with Crippen molar-refractivity contribution in [2.75, 3.05) is 44.7 Å². The summed E-state index contributed by atoms with van der Waals surface area (Å²) in [5, 5.41) is 3.46. The van der Waals surface area contributed by atoms with Gasteiger partial charge in [0.05, 0.1) is 35.2 Å². The van der Waals surface area contributed by atoms with E-state index in [1.807, 2.05) is 6.92 Å². The first-order valence-electron chi connectivity index (χ1n) is 10.7. The van der Waals surface area contributed by atoms with Gasteiger partial charge in [0.25, 0.3) is 0 Å². The van der Waals surface area contributed by atoms with Crippen LogP contribution in [0.4, 0.5) is 5.88 Å². The first kappa shape index (κ1) is 22.8. The Kier molecular flexibility index (Phi) is 7.15. The third kappa shape index (κ3) is 5.15. The highest BCUT2D eigenvalue weighted by molar-refractivity contribution is 7.91. The molecule has 0 aliphatic carbocycles. The Morgan fingerprint density at radius 2 is 1.81 bits per heavy atom. The number of hydrogen-bond acceptors (Lipinski definition) is 6. The van der Waals surface area contributed by atoms with Gasteiger partial charge in [-0.1, -0.05) is 41.4 Å². The van der Waals surface area contributed by atoms with Crippen LogP contribution in [0.5, 0.6) is 0 Å². The molecule has 2 heterocycles. The lowest BCUT2D eigenvalue weighted by Crippen LogP contribution is -3.14. The first-order chi connectivity index (χ1) is 15.4. The van der Waals surface area contributed by atoms with Gasteiger partial charge in [-0.3, -0.25) is 0 Å². The lowest BCUT2D eigenvalue weighted by Gasteiger charge is -2.23. The van der Waals surface area contributed by atoms with Crippen molar-refractivity contribution in [3.05, 3.63) is 59.1 Å². The zero-order valence-electron chi connectivity index (χ0n) is 17.9. The molecular weight excluding hydrogens is 450 g/mol. The predicted octanol–water partition coefficient (Wildman–Crippen LogP) is 2.85. The fourth-order valence-corrected chi connectivity index (χ4v) is 5.12. The minimum absolute atomic E-state index is 0.130. The maximum atomic E-state index is 13.4. The average Bonchev–Trinajstić information content (AvgIpc) is 3.23. The molecular formula is C23H27ClN3O4S+. The Labute approximate surface area is 193 Å². The number of nitrogens with one attached hydrogen (secondary N) is 2. The molecule has 170 valence electrons. The third-order valence-corrected chi connectivity index (χ3v) is 7.49. The van der Waals surface area contributed by atoms with Crippen LogP contribution < -0.4 is 10.2 Å². The predicted molar refractivity (Wildman–Crippen MR) is 123 cm³/mol. The summed E-state index contributed by atoms with van der Waals surface area (Å²) in [6, 6.07) is 13.8. The van der Waals surface area contributed by atoms with Crippen LogP contribution in [0, 0.1) is 6.92 Å². The monoisotopic (exact) mass is 476 g/mol. The molecule has 2 N–H and O–H groups in total. The number of halogens is 1. The summed E-state index contributed by atoms with van der Waals surface area (Å²) < 4.78 is 38.0. The maximum Gasteiger partial charge on any atom is 0.233 e. The normalized spacial score (nSPS) is 15.1. The van der Waals surface area contributed by atoms with Crippen LogP contribution in [0.1, 0.15) is 12.0 Å². The van der Waals surface area contributed by atoms with Gasteiger partial charge in [-0.15, -0.1) is 0 Å². The number of rotatable bonds is 8. The van der Waals surface area contributed by atoms with Crippen molar-refractivity contribution >= 4 is 27.3 Å². The molecule has 9 heteroatoms. The molecule has 0 spiro atoms. The van der Waals surface area contributed by atoms with Crippen molar-refractivity contribution in [3.8, 4) is 11.5 Å². The number of aryl methyl sites for hydroxylation is 1. The van der Waals surface area contributed by atoms with Crippen LogP contribution in [0.25, 0.3) is 11.5 Å². The van der Waals surface area contributed by atoms with Gasteiger partial charge in [0.2, 0.25) is 26.6 Å². The summed E-state index contributed by atoms with van der Waals surface area (Å²) in [4.78, 5) is 6.01. The number of quaternary nitrogens is 1. The molecule has 1 aliphatic heterocycles. The fraction of sp³-hybridized carbons (Fsp3) is 0.348. The van der Waals surface area contributed by atoms with Gasteiger partial charge in [-0.25, -0.2) is 8.42 Å². The van der Waals surface area contributed by atoms with Crippen LogP contribution in [0.15, 0.2) is 62.9 Å². The third-order valence-electron chi connectivity index (χ3n) is 5.48. The van der Waals surface area contributed by atoms with Gasteiger partial charge in [-0.2, -0.15) is 4.98 Å². The molecule has 0 unspecified atom stereocenters. The number of sulfone groups is 1. The molecule has 0 amide bonds. The molecule has 2 aromatic carbocycles. The molecule has 1 aromatic heterocycles. The highest BCUT2D eigenvalue weighted by Crippen LogP contribution is 2.34. The van der Waals surface area contributed by atoms with Gasteiger partial charge in [0.1, 0.15) is 13.1 Å². The molecule has 4 rings (SSSR count). The van der Waals surface area contributed by atoms with Crippen LogP contribution in [-0.4, -0.2) is 52.8 Å². The van der Waals surface area contributed by atoms with E-state index in [9.17, 15) is 8.42 Å². The van der Waals surface area contributed by atoms with E-state index in [-0.39, 0.29) is 21.7 Å². The SMILES string of the molecule is Cc1ccc(S(=O)(=O)c2nc(-c3ccccc3Cl)oc2NCCC[NH+]2CCOCC2)cc1. The zero-order chi connectivity index (χ0) is 22.6. The van der Waals surface area contributed by atoms with E-state index < -0.39 is 9.84 Å². The summed E-state index contributed by atoms with van der Waals surface area (Å²) in [7, 11) is -3.88. The second-order valence-corrected chi connectivity index (χ2v) is 10.1.